The van der Waals surface area contributed by atoms with Crippen LogP contribution in [0.1, 0.15) is 41.0 Å². The van der Waals surface area contributed by atoms with E-state index in [1.165, 1.54) is 18.9 Å². The molecule has 0 fully saturated rings. The van der Waals surface area contributed by atoms with Gasteiger partial charge in [-0.1, -0.05) is 0 Å². The highest BCUT2D eigenvalue weighted by Gasteiger charge is 2.44. The number of carbonyl (C=O) groups is 2. The maximum atomic E-state index is 11.5. The van der Waals surface area contributed by atoms with Gasteiger partial charge in [-0.3, -0.25) is 4.79 Å². The number of carboxylic acids is 1. The molecule has 0 radical (unpaired) electrons. The predicted octanol–water partition coefficient (Wildman–Crippen LogP) is 1.51. The van der Waals surface area contributed by atoms with Gasteiger partial charge in [-0.2, -0.15) is 0 Å². The molecule has 0 spiro atoms. The van der Waals surface area contributed by atoms with E-state index in [1.807, 2.05) is 13.8 Å². The molecule has 1 atom stereocenters. The van der Waals surface area contributed by atoms with Gasteiger partial charge in [0.25, 0.3) is 0 Å². The van der Waals surface area contributed by atoms with Crippen molar-refractivity contribution in [3.63, 3.8) is 0 Å². The van der Waals surface area contributed by atoms with E-state index in [2.05, 4.69) is 0 Å². The molecule has 0 bridgehead atoms. The molecule has 0 heterocycles. The highest BCUT2D eigenvalue weighted by Crippen LogP contribution is 2.28. The van der Waals surface area contributed by atoms with Crippen molar-refractivity contribution in [1.82, 2.24) is 4.90 Å². The third-order valence-electron chi connectivity index (χ3n) is 3.08. The Morgan fingerprint density at radius 2 is 1.76 bits per heavy atom. The van der Waals surface area contributed by atoms with Crippen LogP contribution in [-0.4, -0.2) is 46.7 Å². The summed E-state index contributed by atoms with van der Waals surface area (Å²) in [5.41, 5.74) is -1.85. The van der Waals surface area contributed by atoms with Gasteiger partial charge in [0.1, 0.15) is 5.54 Å². The van der Waals surface area contributed by atoms with Crippen molar-refractivity contribution >= 4 is 11.9 Å². The molecule has 100 valence electrons. The van der Waals surface area contributed by atoms with Crippen LogP contribution in [-0.2, 0) is 14.3 Å². The molecule has 1 N–H and O–H groups in total. The monoisotopic (exact) mass is 245 g/mol. The van der Waals surface area contributed by atoms with Gasteiger partial charge < -0.3 is 14.7 Å². The quantitative estimate of drug-likeness (QED) is 0.770. The van der Waals surface area contributed by atoms with Gasteiger partial charge in [0, 0.05) is 27.0 Å². The molecule has 5 heteroatoms. The number of hydrogen-bond acceptors (Lipinski definition) is 3. The maximum absolute atomic E-state index is 11.5. The van der Waals surface area contributed by atoms with Crippen molar-refractivity contribution in [2.24, 2.45) is 0 Å². The van der Waals surface area contributed by atoms with Crippen molar-refractivity contribution in [3.05, 3.63) is 0 Å². The molecular weight excluding hydrogens is 222 g/mol. The van der Waals surface area contributed by atoms with E-state index in [4.69, 9.17) is 4.74 Å². The number of rotatable bonds is 6. The zero-order chi connectivity index (χ0) is 13.9. The van der Waals surface area contributed by atoms with Gasteiger partial charge in [0.15, 0.2) is 0 Å². The van der Waals surface area contributed by atoms with Gasteiger partial charge in [-0.05, 0) is 27.7 Å². The molecule has 1 amide bonds. The Balaban J connectivity index is 5.30. The number of hydrogen-bond donors (Lipinski definition) is 1. The topological polar surface area (TPSA) is 66.8 Å². The molecule has 0 aromatic heterocycles. The largest absolute Gasteiger partial charge is 0.480 e. The van der Waals surface area contributed by atoms with Crippen LogP contribution in [0.15, 0.2) is 0 Å². The predicted molar refractivity (Wildman–Crippen MR) is 64.8 cm³/mol. The van der Waals surface area contributed by atoms with Crippen LogP contribution >= 0.6 is 0 Å². The van der Waals surface area contributed by atoms with Crippen LogP contribution in [0, 0.1) is 0 Å². The van der Waals surface area contributed by atoms with E-state index in [1.54, 1.807) is 13.8 Å². The minimum absolute atomic E-state index is 0.235. The number of carbonyl (C=O) groups excluding carboxylic acids is 1. The average Bonchev–Trinajstić information content (AvgIpc) is 2.17. The Labute approximate surface area is 103 Å². The Morgan fingerprint density at radius 1 is 1.29 bits per heavy atom. The van der Waals surface area contributed by atoms with E-state index in [9.17, 15) is 14.7 Å². The first-order chi connectivity index (χ1) is 7.60. The minimum atomic E-state index is -1.25. The lowest BCUT2D eigenvalue weighted by molar-refractivity contribution is -0.162. The van der Waals surface area contributed by atoms with E-state index in [-0.39, 0.29) is 12.3 Å². The van der Waals surface area contributed by atoms with Crippen LogP contribution in [0.4, 0.5) is 0 Å². The zero-order valence-corrected chi connectivity index (χ0v) is 11.5. The smallest absolute Gasteiger partial charge is 0.329 e. The Hall–Kier alpha value is -1.10. The van der Waals surface area contributed by atoms with E-state index >= 15 is 0 Å². The SMILES string of the molecule is CCN(C(C)=O)C(C)(CC(C)(C)OC)C(=O)O. The van der Waals surface area contributed by atoms with Gasteiger partial charge in [-0.15, -0.1) is 0 Å². The Morgan fingerprint density at radius 3 is 2.00 bits per heavy atom. The first kappa shape index (κ1) is 15.9. The van der Waals surface area contributed by atoms with E-state index in [0.29, 0.717) is 6.54 Å². The molecule has 0 aromatic carbocycles. The van der Waals surface area contributed by atoms with Gasteiger partial charge in [0.05, 0.1) is 5.60 Å². The lowest BCUT2D eigenvalue weighted by atomic mass is 9.86. The van der Waals surface area contributed by atoms with Crippen LogP contribution in [0.5, 0.6) is 0 Å². The number of likely N-dealkylation sites (N-methyl/N-ethyl adjacent to an activating group) is 1. The molecule has 0 aromatic rings. The summed E-state index contributed by atoms with van der Waals surface area (Å²) in [6.45, 7) is 8.68. The van der Waals surface area contributed by atoms with Crippen LogP contribution in [0.2, 0.25) is 0 Å². The van der Waals surface area contributed by atoms with Crippen LogP contribution in [0.3, 0.4) is 0 Å². The number of nitrogens with zero attached hydrogens (tertiary/aromatic N) is 1. The van der Waals surface area contributed by atoms with Gasteiger partial charge in [0.2, 0.25) is 5.91 Å². The van der Waals surface area contributed by atoms with Gasteiger partial charge >= 0.3 is 5.97 Å². The number of methoxy groups -OCH3 is 1. The van der Waals surface area contributed by atoms with Crippen molar-refractivity contribution in [2.45, 2.75) is 52.2 Å². The summed E-state index contributed by atoms with van der Waals surface area (Å²) in [6, 6.07) is 0. The zero-order valence-electron chi connectivity index (χ0n) is 11.5. The third kappa shape index (κ3) is 3.70. The summed E-state index contributed by atoms with van der Waals surface area (Å²) in [5.74, 6) is -1.26. The first-order valence-electron chi connectivity index (χ1n) is 5.67. The van der Waals surface area contributed by atoms with Crippen molar-refractivity contribution < 1.29 is 19.4 Å². The van der Waals surface area contributed by atoms with Crippen molar-refractivity contribution in [2.75, 3.05) is 13.7 Å². The summed E-state index contributed by atoms with van der Waals surface area (Å²) in [5, 5.41) is 9.39. The summed E-state index contributed by atoms with van der Waals surface area (Å²) in [4.78, 5) is 24.3. The normalized spacial score (nSPS) is 15.2. The number of aliphatic carboxylic acids is 1. The van der Waals surface area contributed by atoms with Crippen LogP contribution < -0.4 is 0 Å². The number of carboxylic acid groups (broad SMARTS) is 1. The van der Waals surface area contributed by atoms with Crippen molar-refractivity contribution in [3.8, 4) is 0 Å². The summed E-state index contributed by atoms with van der Waals surface area (Å²) in [7, 11) is 1.53. The molecular formula is C12H23NO4. The second-order valence-electron chi connectivity index (χ2n) is 4.98. The summed E-state index contributed by atoms with van der Waals surface area (Å²) >= 11 is 0. The summed E-state index contributed by atoms with van der Waals surface area (Å²) < 4.78 is 5.26. The lowest BCUT2D eigenvalue weighted by Gasteiger charge is -2.41. The molecule has 1 unspecified atom stereocenters. The summed E-state index contributed by atoms with van der Waals surface area (Å²) in [6.07, 6.45) is 0.235. The highest BCUT2D eigenvalue weighted by molar-refractivity contribution is 5.85. The third-order valence-corrected chi connectivity index (χ3v) is 3.08. The highest BCUT2D eigenvalue weighted by atomic mass is 16.5. The first-order valence-corrected chi connectivity index (χ1v) is 5.67. The second-order valence-corrected chi connectivity index (χ2v) is 4.98. The van der Waals surface area contributed by atoms with Crippen LogP contribution in [0.25, 0.3) is 0 Å². The number of amides is 1. The molecule has 5 nitrogen and oxygen atoms in total. The molecule has 0 aliphatic carbocycles. The molecule has 17 heavy (non-hydrogen) atoms. The van der Waals surface area contributed by atoms with E-state index in [0.717, 1.165) is 0 Å². The fourth-order valence-electron chi connectivity index (χ4n) is 2.11. The molecule has 0 saturated heterocycles. The lowest BCUT2D eigenvalue weighted by Crippen LogP contribution is -2.57. The standard InChI is InChI=1S/C12H23NO4/c1-7-13(9(2)14)12(5,10(15)16)8-11(3,4)17-6/h7-8H2,1-6H3,(H,15,16). The average molecular weight is 245 g/mol. The Bertz CT molecular complexity index is 301. The fourth-order valence-corrected chi connectivity index (χ4v) is 2.11. The van der Waals surface area contributed by atoms with Crippen molar-refractivity contribution in [1.29, 1.82) is 0 Å². The molecule has 0 aliphatic rings. The maximum Gasteiger partial charge on any atom is 0.329 e. The number of ether oxygens (including phenoxy) is 1. The minimum Gasteiger partial charge on any atom is -0.480 e. The second kappa shape index (κ2) is 5.49. The van der Waals surface area contributed by atoms with Gasteiger partial charge in [-0.25, -0.2) is 4.79 Å². The molecule has 0 aliphatic heterocycles. The Kier molecular flexibility index (Phi) is 5.13. The molecule has 0 rings (SSSR count). The molecule has 0 saturated carbocycles. The fraction of sp³-hybridized carbons (Fsp3) is 0.833. The van der Waals surface area contributed by atoms with E-state index < -0.39 is 17.1 Å².